The number of sulfonamides is 1. The van der Waals surface area contributed by atoms with Crippen molar-refractivity contribution in [3.05, 3.63) is 41.5 Å². The molecule has 1 heterocycles. The molecule has 3 rings (SSSR count). The summed E-state index contributed by atoms with van der Waals surface area (Å²) in [6.45, 7) is 12.8. The van der Waals surface area contributed by atoms with E-state index in [1.807, 2.05) is 0 Å². The summed E-state index contributed by atoms with van der Waals surface area (Å²) < 4.78 is 26.5. The number of hydrogen-bond donors (Lipinski definition) is 2. The molecule has 27 heavy (non-hydrogen) atoms. The van der Waals surface area contributed by atoms with Gasteiger partial charge in [-0.25, -0.2) is 13.1 Å². The van der Waals surface area contributed by atoms with E-state index in [9.17, 15) is 8.42 Å². The lowest BCUT2D eigenvalue weighted by Gasteiger charge is -2.32. The molecule has 2 N–H and O–H groups in total. The molecule has 150 valence electrons. The predicted molar refractivity (Wildman–Crippen MR) is 112 cm³/mol. The fourth-order valence-electron chi connectivity index (χ4n) is 3.77. The molecule has 1 aliphatic carbocycles. The van der Waals surface area contributed by atoms with E-state index in [0.717, 1.165) is 57.6 Å². The minimum absolute atomic E-state index is 0.125. The van der Waals surface area contributed by atoms with Gasteiger partial charge in [0.1, 0.15) is 0 Å². The van der Waals surface area contributed by atoms with Gasteiger partial charge >= 0.3 is 0 Å². The largest absolute Gasteiger partial charge is 0.385 e. The summed E-state index contributed by atoms with van der Waals surface area (Å²) in [5.74, 6) is 0.645. The SMILES string of the molecule is C=C(NCC1CCN(CCNS(=O)(=O)C2CC2)CC1)c1cc(C)cc(C)c1. The van der Waals surface area contributed by atoms with Crippen molar-refractivity contribution >= 4 is 15.7 Å². The van der Waals surface area contributed by atoms with Crippen molar-refractivity contribution < 1.29 is 8.42 Å². The van der Waals surface area contributed by atoms with Gasteiger partial charge in [0, 0.05) is 25.3 Å². The normalized spacial score (nSPS) is 19.2. The van der Waals surface area contributed by atoms with Gasteiger partial charge in [-0.3, -0.25) is 0 Å². The van der Waals surface area contributed by atoms with Crippen molar-refractivity contribution in [2.45, 2.75) is 44.8 Å². The standard InChI is InChI=1S/C21H33N3O2S/c1-16-12-17(2)14-20(13-16)18(3)22-15-19-6-9-24(10-7-19)11-8-23-27(25,26)21-4-5-21/h12-14,19,21-23H,3-11,15H2,1-2H3. The summed E-state index contributed by atoms with van der Waals surface area (Å²) in [7, 11) is -3.05. The minimum atomic E-state index is -3.05. The highest BCUT2D eigenvalue weighted by Gasteiger charge is 2.35. The molecule has 0 atom stereocenters. The van der Waals surface area contributed by atoms with Crippen molar-refractivity contribution in [1.29, 1.82) is 0 Å². The Hall–Kier alpha value is -1.37. The Balaban J connectivity index is 1.35. The first-order valence-electron chi connectivity index (χ1n) is 10.1. The Morgan fingerprint density at radius 2 is 1.74 bits per heavy atom. The molecule has 0 amide bonds. The maximum absolute atomic E-state index is 11.8. The Morgan fingerprint density at radius 3 is 2.33 bits per heavy atom. The van der Waals surface area contributed by atoms with Gasteiger partial charge in [0.2, 0.25) is 10.0 Å². The maximum Gasteiger partial charge on any atom is 0.214 e. The molecule has 1 saturated heterocycles. The fourth-order valence-corrected chi connectivity index (χ4v) is 5.14. The first-order valence-corrected chi connectivity index (χ1v) is 11.6. The topological polar surface area (TPSA) is 61.4 Å². The van der Waals surface area contributed by atoms with E-state index in [-0.39, 0.29) is 5.25 Å². The molecule has 6 heteroatoms. The molecule has 0 bridgehead atoms. The van der Waals surface area contributed by atoms with Gasteiger partial charge in [0.05, 0.1) is 5.25 Å². The number of nitrogens with one attached hydrogen (secondary N) is 2. The highest BCUT2D eigenvalue weighted by atomic mass is 32.2. The van der Waals surface area contributed by atoms with Gasteiger partial charge in [-0.15, -0.1) is 0 Å². The van der Waals surface area contributed by atoms with Crippen molar-refractivity contribution in [2.75, 3.05) is 32.7 Å². The Labute approximate surface area is 164 Å². The van der Waals surface area contributed by atoms with Crippen LogP contribution in [-0.4, -0.2) is 51.3 Å². The number of piperidine rings is 1. The molecule has 0 unspecified atom stereocenters. The maximum atomic E-state index is 11.8. The van der Waals surface area contributed by atoms with Crippen LogP contribution in [0.2, 0.25) is 0 Å². The van der Waals surface area contributed by atoms with Crippen LogP contribution in [-0.2, 0) is 10.0 Å². The first kappa shape index (κ1) is 20.4. The lowest BCUT2D eigenvalue weighted by atomic mass is 9.96. The Kier molecular flexibility index (Phi) is 6.61. The highest BCUT2D eigenvalue weighted by Crippen LogP contribution is 2.27. The number of aryl methyl sites for hydroxylation is 2. The summed E-state index contributed by atoms with van der Waals surface area (Å²) in [4.78, 5) is 2.37. The minimum Gasteiger partial charge on any atom is -0.385 e. The molecular formula is C21H33N3O2S. The van der Waals surface area contributed by atoms with Crippen LogP contribution in [0, 0.1) is 19.8 Å². The van der Waals surface area contributed by atoms with Crippen molar-refractivity contribution in [3.8, 4) is 0 Å². The smallest absolute Gasteiger partial charge is 0.214 e. The molecule has 1 saturated carbocycles. The number of benzene rings is 1. The lowest BCUT2D eigenvalue weighted by Crippen LogP contribution is -2.41. The zero-order chi connectivity index (χ0) is 19.4. The zero-order valence-electron chi connectivity index (χ0n) is 16.6. The average Bonchev–Trinajstić information content (AvgIpc) is 3.45. The molecule has 5 nitrogen and oxygen atoms in total. The molecule has 1 aromatic carbocycles. The molecule has 0 spiro atoms. The molecule has 0 aromatic heterocycles. The van der Waals surface area contributed by atoms with Crippen molar-refractivity contribution in [1.82, 2.24) is 14.9 Å². The van der Waals surface area contributed by atoms with E-state index in [1.165, 1.54) is 16.7 Å². The van der Waals surface area contributed by atoms with Crippen LogP contribution in [0.1, 0.15) is 42.4 Å². The molecule has 2 fully saturated rings. The van der Waals surface area contributed by atoms with Crippen LogP contribution in [0.5, 0.6) is 0 Å². The molecular weight excluding hydrogens is 358 g/mol. The van der Waals surface area contributed by atoms with Gasteiger partial charge in [0.25, 0.3) is 0 Å². The highest BCUT2D eigenvalue weighted by molar-refractivity contribution is 7.90. The first-order chi connectivity index (χ1) is 12.8. The van der Waals surface area contributed by atoms with Crippen LogP contribution < -0.4 is 10.0 Å². The zero-order valence-corrected chi connectivity index (χ0v) is 17.4. The second kappa shape index (κ2) is 8.76. The monoisotopic (exact) mass is 391 g/mol. The predicted octanol–water partition coefficient (Wildman–Crippen LogP) is 2.66. The Morgan fingerprint density at radius 1 is 1.11 bits per heavy atom. The third-order valence-corrected chi connectivity index (χ3v) is 7.53. The number of hydrogen-bond acceptors (Lipinski definition) is 4. The van der Waals surface area contributed by atoms with Crippen LogP contribution in [0.4, 0.5) is 0 Å². The van der Waals surface area contributed by atoms with Crippen LogP contribution >= 0.6 is 0 Å². The number of rotatable bonds is 9. The summed E-state index contributed by atoms with van der Waals surface area (Å²) in [6.07, 6.45) is 3.92. The van der Waals surface area contributed by atoms with E-state index >= 15 is 0 Å². The molecule has 2 aliphatic rings. The van der Waals surface area contributed by atoms with E-state index in [0.29, 0.717) is 12.5 Å². The van der Waals surface area contributed by atoms with Gasteiger partial charge in [0.15, 0.2) is 0 Å². The van der Waals surface area contributed by atoms with Crippen molar-refractivity contribution in [3.63, 3.8) is 0 Å². The molecule has 1 aliphatic heterocycles. The van der Waals surface area contributed by atoms with E-state index in [2.05, 4.69) is 53.6 Å². The molecule has 1 aromatic rings. The third-order valence-electron chi connectivity index (χ3n) is 5.58. The summed E-state index contributed by atoms with van der Waals surface area (Å²) >= 11 is 0. The third kappa shape index (κ3) is 6.06. The van der Waals surface area contributed by atoms with E-state index < -0.39 is 10.0 Å². The Bertz CT molecular complexity index is 743. The van der Waals surface area contributed by atoms with E-state index in [1.54, 1.807) is 0 Å². The second-order valence-corrected chi connectivity index (χ2v) is 10.2. The second-order valence-electron chi connectivity index (χ2n) is 8.16. The summed E-state index contributed by atoms with van der Waals surface area (Å²) in [6, 6.07) is 6.53. The summed E-state index contributed by atoms with van der Waals surface area (Å²) in [5.41, 5.74) is 4.70. The van der Waals surface area contributed by atoms with Gasteiger partial charge in [-0.05, 0) is 76.2 Å². The number of nitrogens with zero attached hydrogens (tertiary/aromatic N) is 1. The van der Waals surface area contributed by atoms with Crippen LogP contribution in [0.15, 0.2) is 24.8 Å². The molecule has 0 radical (unpaired) electrons. The summed E-state index contributed by atoms with van der Waals surface area (Å²) in [5, 5.41) is 3.39. The van der Waals surface area contributed by atoms with E-state index in [4.69, 9.17) is 0 Å². The van der Waals surface area contributed by atoms with Gasteiger partial charge < -0.3 is 10.2 Å². The van der Waals surface area contributed by atoms with Crippen molar-refractivity contribution in [2.24, 2.45) is 5.92 Å². The van der Waals surface area contributed by atoms with Gasteiger partial charge in [-0.2, -0.15) is 0 Å². The lowest BCUT2D eigenvalue weighted by molar-refractivity contribution is 0.188. The quantitative estimate of drug-likeness (QED) is 0.679. The van der Waals surface area contributed by atoms with Gasteiger partial charge in [-0.1, -0.05) is 23.8 Å². The van der Waals surface area contributed by atoms with Crippen LogP contribution in [0.3, 0.4) is 0 Å². The van der Waals surface area contributed by atoms with Crippen LogP contribution in [0.25, 0.3) is 5.70 Å². The fraction of sp³-hybridized carbons (Fsp3) is 0.619. The average molecular weight is 392 g/mol. The number of likely N-dealkylation sites (tertiary alicyclic amines) is 1.